The van der Waals surface area contributed by atoms with Crippen LogP contribution in [0.1, 0.15) is 17.5 Å². The lowest BCUT2D eigenvalue weighted by molar-refractivity contribution is -0.384. The zero-order valence-corrected chi connectivity index (χ0v) is 17.2. The number of rotatable bonds is 7. The van der Waals surface area contributed by atoms with E-state index in [0.717, 1.165) is 11.1 Å². The van der Waals surface area contributed by atoms with Crippen molar-refractivity contribution in [3.8, 4) is 11.5 Å². The van der Waals surface area contributed by atoms with Gasteiger partial charge >= 0.3 is 0 Å². The van der Waals surface area contributed by atoms with Crippen LogP contribution in [-0.4, -0.2) is 25.1 Å². The van der Waals surface area contributed by atoms with Crippen molar-refractivity contribution in [1.82, 2.24) is 0 Å². The van der Waals surface area contributed by atoms with Gasteiger partial charge in [0.1, 0.15) is 11.5 Å². The second-order valence-corrected chi connectivity index (χ2v) is 7.49. The standard InChI is InChI=1S/C24H22N2O5/c1-30-20-10-3-6-16(12-20)24(17-7-4-11-21(13-17)31-2)15-22(24)23(27)25-18-8-5-9-19(14-18)26(28)29/h3-14,22H,15H2,1-2H3,(H,25,27)/t22-/m0/s1. The molecule has 0 aliphatic heterocycles. The summed E-state index contributed by atoms with van der Waals surface area (Å²) in [6.45, 7) is 0. The molecule has 1 aliphatic carbocycles. The molecule has 0 saturated heterocycles. The van der Waals surface area contributed by atoms with Gasteiger partial charge < -0.3 is 14.8 Å². The number of nitro benzene ring substituents is 1. The molecule has 0 aromatic heterocycles. The monoisotopic (exact) mass is 418 g/mol. The number of nitrogens with zero attached hydrogens (tertiary/aromatic N) is 1. The van der Waals surface area contributed by atoms with Crippen molar-refractivity contribution >= 4 is 17.3 Å². The van der Waals surface area contributed by atoms with Crippen molar-refractivity contribution in [2.75, 3.05) is 19.5 Å². The first-order valence-electron chi connectivity index (χ1n) is 9.82. The minimum absolute atomic E-state index is 0.0690. The maximum atomic E-state index is 13.2. The molecule has 0 unspecified atom stereocenters. The molecule has 1 fully saturated rings. The van der Waals surface area contributed by atoms with Crippen LogP contribution in [0, 0.1) is 16.0 Å². The summed E-state index contributed by atoms with van der Waals surface area (Å²) >= 11 is 0. The third kappa shape index (κ3) is 3.82. The second kappa shape index (κ2) is 8.10. The molecule has 7 heteroatoms. The summed E-state index contributed by atoms with van der Waals surface area (Å²) in [6, 6.07) is 21.4. The SMILES string of the molecule is COc1cccc(C2(c3cccc(OC)c3)C[C@H]2C(=O)Nc2cccc([N+](=O)[O-])c2)c1. The summed E-state index contributed by atoms with van der Waals surface area (Å²) in [4.78, 5) is 23.7. The van der Waals surface area contributed by atoms with Crippen LogP contribution in [0.15, 0.2) is 72.8 Å². The number of non-ortho nitro benzene ring substituents is 1. The zero-order chi connectivity index (χ0) is 22.0. The summed E-state index contributed by atoms with van der Waals surface area (Å²) in [5.41, 5.74) is 1.74. The van der Waals surface area contributed by atoms with Gasteiger partial charge in [-0.25, -0.2) is 0 Å². The van der Waals surface area contributed by atoms with Gasteiger partial charge in [0, 0.05) is 23.2 Å². The van der Waals surface area contributed by atoms with E-state index in [2.05, 4.69) is 5.32 Å². The summed E-state index contributed by atoms with van der Waals surface area (Å²) in [7, 11) is 3.22. The van der Waals surface area contributed by atoms with Crippen molar-refractivity contribution in [1.29, 1.82) is 0 Å². The number of hydrogen-bond donors (Lipinski definition) is 1. The predicted molar refractivity (Wildman–Crippen MR) is 117 cm³/mol. The van der Waals surface area contributed by atoms with E-state index in [4.69, 9.17) is 9.47 Å². The second-order valence-electron chi connectivity index (χ2n) is 7.49. The average Bonchev–Trinajstić information content (AvgIpc) is 3.57. The van der Waals surface area contributed by atoms with Gasteiger partial charge in [0.05, 0.1) is 25.1 Å². The Bertz CT molecular complexity index is 1100. The molecule has 0 bridgehead atoms. The first kappa shape index (κ1) is 20.4. The number of methoxy groups -OCH3 is 2. The summed E-state index contributed by atoms with van der Waals surface area (Å²) in [5.74, 6) is 0.895. The molecule has 4 rings (SSSR count). The molecule has 1 amide bonds. The van der Waals surface area contributed by atoms with E-state index in [9.17, 15) is 14.9 Å². The molecular weight excluding hydrogens is 396 g/mol. The Labute approximate surface area is 179 Å². The Morgan fingerprint density at radius 2 is 1.55 bits per heavy atom. The van der Waals surface area contributed by atoms with Crippen molar-refractivity contribution in [2.24, 2.45) is 5.92 Å². The van der Waals surface area contributed by atoms with Gasteiger partial charge in [-0.2, -0.15) is 0 Å². The van der Waals surface area contributed by atoms with Gasteiger partial charge in [-0.1, -0.05) is 30.3 Å². The molecule has 158 valence electrons. The number of carbonyl (C=O) groups is 1. The van der Waals surface area contributed by atoms with Crippen LogP contribution in [0.25, 0.3) is 0 Å². The van der Waals surface area contributed by atoms with Gasteiger partial charge in [0.2, 0.25) is 5.91 Å². The van der Waals surface area contributed by atoms with Crippen molar-refractivity contribution < 1.29 is 19.2 Å². The Kier molecular flexibility index (Phi) is 5.33. The Morgan fingerprint density at radius 1 is 0.968 bits per heavy atom. The zero-order valence-electron chi connectivity index (χ0n) is 17.2. The normalized spacial score (nSPS) is 16.3. The molecule has 3 aromatic carbocycles. The third-order valence-corrected chi connectivity index (χ3v) is 5.77. The maximum Gasteiger partial charge on any atom is 0.271 e. The summed E-state index contributed by atoms with van der Waals surface area (Å²) in [6.07, 6.45) is 0.605. The quantitative estimate of drug-likeness (QED) is 0.449. The highest BCUT2D eigenvalue weighted by Gasteiger charge is 2.60. The van der Waals surface area contributed by atoms with Crippen LogP contribution >= 0.6 is 0 Å². The van der Waals surface area contributed by atoms with Crippen molar-refractivity contribution in [3.63, 3.8) is 0 Å². The van der Waals surface area contributed by atoms with Crippen LogP contribution in [0.5, 0.6) is 11.5 Å². The molecule has 31 heavy (non-hydrogen) atoms. The number of ether oxygens (including phenoxy) is 2. The Morgan fingerprint density at radius 3 is 2.10 bits per heavy atom. The number of carbonyl (C=O) groups excluding carboxylic acids is 1. The summed E-state index contributed by atoms with van der Waals surface area (Å²) in [5, 5.41) is 13.9. The summed E-state index contributed by atoms with van der Waals surface area (Å²) < 4.78 is 10.8. The highest BCUT2D eigenvalue weighted by molar-refractivity contribution is 5.97. The average molecular weight is 418 g/mol. The molecule has 0 radical (unpaired) electrons. The van der Waals surface area contributed by atoms with E-state index in [1.807, 2.05) is 48.5 Å². The highest BCUT2D eigenvalue weighted by atomic mass is 16.6. The molecule has 7 nitrogen and oxygen atoms in total. The largest absolute Gasteiger partial charge is 0.497 e. The van der Waals surface area contributed by atoms with Crippen LogP contribution in [0.3, 0.4) is 0 Å². The molecule has 1 saturated carbocycles. The van der Waals surface area contributed by atoms with E-state index in [1.54, 1.807) is 26.4 Å². The Balaban J connectivity index is 1.69. The molecule has 3 aromatic rings. The van der Waals surface area contributed by atoms with E-state index < -0.39 is 10.3 Å². The topological polar surface area (TPSA) is 90.7 Å². The van der Waals surface area contributed by atoms with Crippen LogP contribution in [0.4, 0.5) is 11.4 Å². The first-order valence-corrected chi connectivity index (χ1v) is 9.82. The minimum Gasteiger partial charge on any atom is -0.497 e. The first-order chi connectivity index (χ1) is 15.0. The molecule has 0 heterocycles. The van der Waals surface area contributed by atoms with Crippen LogP contribution < -0.4 is 14.8 Å². The lowest BCUT2D eigenvalue weighted by Gasteiger charge is -2.20. The van der Waals surface area contributed by atoms with E-state index >= 15 is 0 Å². The number of nitro groups is 1. The molecule has 1 atom stereocenters. The predicted octanol–water partition coefficient (Wildman–Crippen LogP) is 4.56. The van der Waals surface area contributed by atoms with Gasteiger partial charge in [-0.3, -0.25) is 14.9 Å². The lowest BCUT2D eigenvalue weighted by Crippen LogP contribution is -2.22. The van der Waals surface area contributed by atoms with Gasteiger partial charge in [-0.15, -0.1) is 0 Å². The van der Waals surface area contributed by atoms with Gasteiger partial charge in [-0.05, 0) is 47.9 Å². The number of benzene rings is 3. The minimum atomic E-state index is -0.534. The Hall–Kier alpha value is -3.87. The van der Waals surface area contributed by atoms with Gasteiger partial charge in [0.25, 0.3) is 5.69 Å². The fourth-order valence-corrected chi connectivity index (χ4v) is 4.11. The van der Waals surface area contributed by atoms with E-state index in [0.29, 0.717) is 23.6 Å². The maximum absolute atomic E-state index is 13.2. The molecular formula is C24H22N2O5. The number of nitrogens with one attached hydrogen (secondary N) is 1. The smallest absolute Gasteiger partial charge is 0.271 e. The lowest BCUT2D eigenvalue weighted by atomic mass is 9.85. The van der Waals surface area contributed by atoms with Crippen molar-refractivity contribution in [3.05, 3.63) is 94.0 Å². The number of amides is 1. The highest BCUT2D eigenvalue weighted by Crippen LogP contribution is 2.60. The van der Waals surface area contributed by atoms with Gasteiger partial charge in [0.15, 0.2) is 0 Å². The molecule has 0 spiro atoms. The number of hydrogen-bond acceptors (Lipinski definition) is 5. The molecule has 1 N–H and O–H groups in total. The molecule has 1 aliphatic rings. The third-order valence-electron chi connectivity index (χ3n) is 5.77. The van der Waals surface area contributed by atoms with E-state index in [-0.39, 0.29) is 17.5 Å². The van der Waals surface area contributed by atoms with Crippen molar-refractivity contribution in [2.45, 2.75) is 11.8 Å². The van der Waals surface area contributed by atoms with E-state index in [1.165, 1.54) is 12.1 Å². The fourth-order valence-electron chi connectivity index (χ4n) is 4.11. The number of anilines is 1. The van der Waals surface area contributed by atoms with Crippen LogP contribution in [-0.2, 0) is 10.2 Å². The van der Waals surface area contributed by atoms with Crippen LogP contribution in [0.2, 0.25) is 0 Å². The fraction of sp³-hybridized carbons (Fsp3) is 0.208.